The van der Waals surface area contributed by atoms with E-state index in [9.17, 15) is 4.79 Å². The van der Waals surface area contributed by atoms with Gasteiger partial charge in [0.15, 0.2) is 0 Å². The van der Waals surface area contributed by atoms with Gasteiger partial charge in [0, 0.05) is 19.7 Å². The summed E-state index contributed by atoms with van der Waals surface area (Å²) in [5.41, 5.74) is 1.28. The van der Waals surface area contributed by atoms with Gasteiger partial charge in [-0.3, -0.25) is 4.79 Å². The van der Waals surface area contributed by atoms with Crippen LogP contribution in [0, 0.1) is 0 Å². The standard InChI is InChI=1S/C13H24N2O3.ClH/c1-3-17-8-9-18-11(2)13(16)15-10-12-4-6-14-7-5-12;/h4,11,14H,3,5-10H2,1-2H3,(H,15,16);1H. The second kappa shape index (κ2) is 11.2. The van der Waals surface area contributed by atoms with E-state index in [1.54, 1.807) is 6.92 Å². The number of amides is 1. The fraction of sp³-hybridized carbons (Fsp3) is 0.769. The van der Waals surface area contributed by atoms with Gasteiger partial charge in [-0.25, -0.2) is 0 Å². The van der Waals surface area contributed by atoms with E-state index in [2.05, 4.69) is 16.7 Å². The Morgan fingerprint density at radius 2 is 2.32 bits per heavy atom. The Morgan fingerprint density at radius 3 is 2.95 bits per heavy atom. The highest BCUT2D eigenvalue weighted by atomic mass is 35.5. The fourth-order valence-corrected chi connectivity index (χ4v) is 1.68. The molecule has 1 unspecified atom stereocenters. The summed E-state index contributed by atoms with van der Waals surface area (Å²) in [5, 5.41) is 6.13. The minimum absolute atomic E-state index is 0. The molecule has 5 nitrogen and oxygen atoms in total. The van der Waals surface area contributed by atoms with Crippen LogP contribution in [-0.2, 0) is 14.3 Å². The van der Waals surface area contributed by atoms with Gasteiger partial charge in [0.1, 0.15) is 6.10 Å². The third-order valence-corrected chi connectivity index (χ3v) is 2.82. The summed E-state index contributed by atoms with van der Waals surface area (Å²) in [7, 11) is 0. The van der Waals surface area contributed by atoms with Crippen molar-refractivity contribution in [3.8, 4) is 0 Å². The Morgan fingerprint density at radius 1 is 1.53 bits per heavy atom. The number of carbonyl (C=O) groups is 1. The van der Waals surface area contributed by atoms with E-state index < -0.39 is 6.10 Å². The highest BCUT2D eigenvalue weighted by Gasteiger charge is 2.13. The first-order valence-electron chi connectivity index (χ1n) is 6.59. The molecule has 1 amide bonds. The molecule has 0 fully saturated rings. The second-order valence-corrected chi connectivity index (χ2v) is 4.24. The molecular formula is C13H25ClN2O3. The van der Waals surface area contributed by atoms with E-state index in [0.29, 0.717) is 26.4 Å². The Hall–Kier alpha value is -0.620. The predicted molar refractivity (Wildman–Crippen MR) is 77.7 cm³/mol. The summed E-state index contributed by atoms with van der Waals surface area (Å²) in [6.45, 7) is 7.86. The average Bonchev–Trinajstić information content (AvgIpc) is 2.42. The molecule has 19 heavy (non-hydrogen) atoms. The minimum Gasteiger partial charge on any atom is -0.379 e. The highest BCUT2D eigenvalue weighted by molar-refractivity contribution is 5.85. The van der Waals surface area contributed by atoms with Crippen LogP contribution in [0.1, 0.15) is 20.3 Å². The van der Waals surface area contributed by atoms with Gasteiger partial charge in [0.05, 0.1) is 13.2 Å². The van der Waals surface area contributed by atoms with Gasteiger partial charge in [-0.05, 0) is 26.8 Å². The van der Waals surface area contributed by atoms with Crippen molar-refractivity contribution in [3.05, 3.63) is 11.6 Å². The Balaban J connectivity index is 0.00000324. The lowest BCUT2D eigenvalue weighted by molar-refractivity contribution is -0.132. The van der Waals surface area contributed by atoms with Gasteiger partial charge in [0.2, 0.25) is 5.91 Å². The van der Waals surface area contributed by atoms with Crippen molar-refractivity contribution in [1.82, 2.24) is 10.6 Å². The first-order valence-corrected chi connectivity index (χ1v) is 6.59. The Kier molecular flexibility index (Phi) is 10.9. The summed E-state index contributed by atoms with van der Waals surface area (Å²) >= 11 is 0. The van der Waals surface area contributed by atoms with E-state index in [1.807, 2.05) is 6.92 Å². The number of rotatable bonds is 8. The fourth-order valence-electron chi connectivity index (χ4n) is 1.68. The molecule has 0 spiro atoms. The molecule has 0 aromatic carbocycles. The number of carbonyl (C=O) groups excluding carboxylic acids is 1. The largest absolute Gasteiger partial charge is 0.379 e. The zero-order valence-electron chi connectivity index (χ0n) is 11.7. The molecule has 0 bridgehead atoms. The summed E-state index contributed by atoms with van der Waals surface area (Å²) in [6, 6.07) is 0. The lowest BCUT2D eigenvalue weighted by atomic mass is 10.1. The molecular weight excluding hydrogens is 268 g/mol. The number of nitrogens with one attached hydrogen (secondary N) is 2. The molecule has 0 radical (unpaired) electrons. The Bertz CT molecular complexity index is 285. The van der Waals surface area contributed by atoms with Crippen molar-refractivity contribution in [2.45, 2.75) is 26.4 Å². The molecule has 112 valence electrons. The van der Waals surface area contributed by atoms with Crippen molar-refractivity contribution in [3.63, 3.8) is 0 Å². The lowest BCUT2D eigenvalue weighted by Crippen LogP contribution is -2.37. The van der Waals surface area contributed by atoms with Crippen molar-refractivity contribution < 1.29 is 14.3 Å². The van der Waals surface area contributed by atoms with Gasteiger partial charge in [0.25, 0.3) is 0 Å². The maximum atomic E-state index is 11.7. The van der Waals surface area contributed by atoms with Gasteiger partial charge < -0.3 is 20.1 Å². The average molecular weight is 293 g/mol. The van der Waals surface area contributed by atoms with Crippen LogP contribution in [0.2, 0.25) is 0 Å². The van der Waals surface area contributed by atoms with Crippen LogP contribution in [0.3, 0.4) is 0 Å². The molecule has 2 N–H and O–H groups in total. The van der Waals surface area contributed by atoms with Gasteiger partial charge >= 0.3 is 0 Å². The zero-order valence-corrected chi connectivity index (χ0v) is 12.6. The smallest absolute Gasteiger partial charge is 0.249 e. The zero-order chi connectivity index (χ0) is 13.2. The first kappa shape index (κ1) is 18.4. The maximum Gasteiger partial charge on any atom is 0.249 e. The third-order valence-electron chi connectivity index (χ3n) is 2.82. The molecule has 0 aromatic rings. The second-order valence-electron chi connectivity index (χ2n) is 4.24. The van der Waals surface area contributed by atoms with Crippen LogP contribution in [0.25, 0.3) is 0 Å². The van der Waals surface area contributed by atoms with Gasteiger partial charge in [-0.1, -0.05) is 11.6 Å². The molecule has 1 atom stereocenters. The first-order chi connectivity index (χ1) is 8.74. The number of halogens is 1. The topological polar surface area (TPSA) is 59.6 Å². The molecule has 0 aromatic heterocycles. The van der Waals surface area contributed by atoms with Crippen molar-refractivity contribution >= 4 is 18.3 Å². The van der Waals surface area contributed by atoms with Gasteiger partial charge in [-0.15, -0.1) is 12.4 Å². The SMILES string of the molecule is CCOCCOC(C)C(=O)NCC1=CCNCC1.Cl. The minimum atomic E-state index is -0.423. The third kappa shape index (κ3) is 8.21. The van der Waals surface area contributed by atoms with Crippen LogP contribution in [0.4, 0.5) is 0 Å². The van der Waals surface area contributed by atoms with Crippen molar-refractivity contribution in [2.24, 2.45) is 0 Å². The summed E-state index contributed by atoms with van der Waals surface area (Å²) in [5.74, 6) is -0.0640. The van der Waals surface area contributed by atoms with E-state index >= 15 is 0 Å². The normalized spacial score (nSPS) is 16.2. The van der Waals surface area contributed by atoms with E-state index in [4.69, 9.17) is 9.47 Å². The summed E-state index contributed by atoms with van der Waals surface area (Å²) in [4.78, 5) is 11.7. The predicted octanol–water partition coefficient (Wildman–Crippen LogP) is 0.886. The van der Waals surface area contributed by atoms with E-state index in [-0.39, 0.29) is 18.3 Å². The quantitative estimate of drug-likeness (QED) is 0.515. The highest BCUT2D eigenvalue weighted by Crippen LogP contribution is 2.02. The van der Waals surface area contributed by atoms with Gasteiger partial charge in [-0.2, -0.15) is 0 Å². The van der Waals surface area contributed by atoms with Crippen molar-refractivity contribution in [1.29, 1.82) is 0 Å². The van der Waals surface area contributed by atoms with Crippen molar-refractivity contribution in [2.75, 3.05) is 39.5 Å². The van der Waals surface area contributed by atoms with Crippen LogP contribution >= 0.6 is 12.4 Å². The molecule has 1 aliphatic rings. The monoisotopic (exact) mass is 292 g/mol. The molecule has 1 aliphatic heterocycles. The van der Waals surface area contributed by atoms with Crippen LogP contribution in [0.5, 0.6) is 0 Å². The molecule has 0 saturated carbocycles. The van der Waals surface area contributed by atoms with Crippen LogP contribution in [-0.4, -0.2) is 51.5 Å². The molecule has 1 rings (SSSR count). The molecule has 6 heteroatoms. The molecule has 1 heterocycles. The van der Waals surface area contributed by atoms with Crippen LogP contribution in [0.15, 0.2) is 11.6 Å². The van der Waals surface area contributed by atoms with E-state index in [1.165, 1.54) is 5.57 Å². The number of hydrogen-bond donors (Lipinski definition) is 2. The lowest BCUT2D eigenvalue weighted by Gasteiger charge is -2.17. The molecule has 0 saturated heterocycles. The number of hydrogen-bond acceptors (Lipinski definition) is 4. The maximum absolute atomic E-state index is 11.7. The molecule has 0 aliphatic carbocycles. The Labute approximate surface area is 121 Å². The number of ether oxygens (including phenoxy) is 2. The summed E-state index contributed by atoms with van der Waals surface area (Å²) < 4.78 is 10.5. The van der Waals surface area contributed by atoms with Crippen LogP contribution < -0.4 is 10.6 Å². The summed E-state index contributed by atoms with van der Waals surface area (Å²) in [6.07, 6.45) is 2.71. The van der Waals surface area contributed by atoms with E-state index in [0.717, 1.165) is 19.5 Å².